The van der Waals surface area contributed by atoms with E-state index in [-0.39, 0.29) is 17.0 Å². The summed E-state index contributed by atoms with van der Waals surface area (Å²) in [5, 5.41) is 0. The van der Waals surface area contributed by atoms with Crippen LogP contribution in [0.3, 0.4) is 0 Å². The van der Waals surface area contributed by atoms with Gasteiger partial charge in [0.15, 0.2) is 0 Å². The van der Waals surface area contributed by atoms with E-state index in [9.17, 15) is 18.0 Å². The van der Waals surface area contributed by atoms with E-state index in [2.05, 4.69) is 35.0 Å². The number of nitrogens with zero attached hydrogens (tertiary/aromatic N) is 1. The second-order valence-electron chi connectivity index (χ2n) is 7.67. The van der Waals surface area contributed by atoms with Crippen LogP contribution in [0, 0.1) is 12.5 Å². The number of carbonyl (C=O) groups excluding carboxylic acids is 2. The molecule has 2 aromatic rings. The molecule has 0 bridgehead atoms. The Balaban J connectivity index is 0.000000457. The maximum Gasteiger partial charge on any atom is 0.270 e. The number of terminal acetylenes is 1. The van der Waals surface area contributed by atoms with Crippen molar-refractivity contribution in [3.05, 3.63) is 84.4 Å². The fraction of sp³-hybridized carbons (Fsp3) is 0.185. The third-order valence-electron chi connectivity index (χ3n) is 5.22. The van der Waals surface area contributed by atoms with Crippen molar-refractivity contribution in [2.45, 2.75) is 37.5 Å². The molecule has 0 saturated heterocycles. The number of unbranched alkanes of at least 4 members (excludes halogenated alkanes) is 2. The lowest BCUT2D eigenvalue weighted by Gasteiger charge is -2.19. The lowest BCUT2D eigenvalue weighted by Crippen LogP contribution is -2.33. The predicted octanol–water partition coefficient (Wildman–Crippen LogP) is 4.98. The highest BCUT2D eigenvalue weighted by Crippen LogP contribution is 2.29. The van der Waals surface area contributed by atoms with Gasteiger partial charge in [-0.2, -0.15) is 0 Å². The molecule has 6 nitrogen and oxygen atoms in total. The van der Waals surface area contributed by atoms with Gasteiger partial charge in [0, 0.05) is 18.0 Å². The number of hydrogen-bond donors (Lipinski definition) is 1. The molecule has 34 heavy (non-hydrogen) atoms. The summed E-state index contributed by atoms with van der Waals surface area (Å²) in [6, 6.07) is 24.8. The first-order valence-corrected chi connectivity index (χ1v) is 12.5. The molecule has 0 aliphatic heterocycles. The summed E-state index contributed by atoms with van der Waals surface area (Å²) < 4.78 is 27.5. The molecule has 0 spiro atoms. The molecule has 0 unspecified atom stereocenters. The fourth-order valence-corrected chi connectivity index (χ4v) is 4.47. The van der Waals surface area contributed by atoms with Gasteiger partial charge in [-0.1, -0.05) is 80.8 Å². The number of carbonyl (C=O) groups is 2. The van der Waals surface area contributed by atoms with Gasteiger partial charge < -0.3 is 0 Å². The first kappa shape index (κ1) is 24.7. The second-order valence-corrected chi connectivity index (χ2v) is 9.32. The monoisotopic (exact) mass is 474 g/mol. The van der Waals surface area contributed by atoms with Crippen molar-refractivity contribution in [2.75, 3.05) is 4.90 Å². The van der Waals surface area contributed by atoms with Crippen molar-refractivity contribution in [3.63, 3.8) is 0 Å². The molecule has 0 saturated carbocycles. The number of hydrogen-bond acceptors (Lipinski definition) is 4. The van der Waals surface area contributed by atoms with Crippen molar-refractivity contribution in [2.24, 2.45) is 0 Å². The van der Waals surface area contributed by atoms with Gasteiger partial charge in [-0.3, -0.25) is 9.59 Å². The minimum Gasteiger partial charge on any atom is -0.274 e. The summed E-state index contributed by atoms with van der Waals surface area (Å²) >= 11 is 0. The zero-order valence-electron chi connectivity index (χ0n) is 18.9. The Hall–Kier alpha value is -3.89. The summed E-state index contributed by atoms with van der Waals surface area (Å²) in [6.07, 6.45) is 7.97. The molecule has 2 aliphatic carbocycles. The molecule has 0 aromatic heterocycles. The number of anilines is 1. The highest BCUT2D eigenvalue weighted by atomic mass is 32.2. The van der Waals surface area contributed by atoms with Crippen molar-refractivity contribution < 1.29 is 18.0 Å². The molecule has 0 heterocycles. The number of benzene rings is 3. The van der Waals surface area contributed by atoms with Gasteiger partial charge in [0.1, 0.15) is 4.90 Å². The fourth-order valence-electron chi connectivity index (χ4n) is 3.27. The summed E-state index contributed by atoms with van der Waals surface area (Å²) in [6.45, 7) is 1.99. The topological polar surface area (TPSA) is 83.6 Å². The average Bonchev–Trinajstić information content (AvgIpc) is 2.83. The normalized spacial score (nSPS) is 10.8. The molecule has 2 aromatic carbocycles. The number of rotatable bonds is 8. The van der Waals surface area contributed by atoms with Gasteiger partial charge in [0.2, 0.25) is 5.91 Å². The molecule has 7 heteroatoms. The Labute approximate surface area is 200 Å². The zero-order chi connectivity index (χ0) is 24.6. The van der Waals surface area contributed by atoms with Gasteiger partial charge in [-0.15, -0.1) is 0 Å². The number of fused-ring (bicyclic) bond motifs is 1. The molecular formula is C27H26N2O4S. The van der Waals surface area contributed by atoms with Crippen LogP contribution < -0.4 is 9.62 Å². The average molecular weight is 475 g/mol. The van der Waals surface area contributed by atoms with Crippen LogP contribution in [0.4, 0.5) is 5.69 Å². The van der Waals surface area contributed by atoms with Crippen LogP contribution in [0.25, 0.3) is 11.1 Å². The number of nitrogens with one attached hydrogen (secondary N) is 1. The Bertz CT molecular complexity index is 1270. The van der Waals surface area contributed by atoms with Gasteiger partial charge in [-0.25, -0.2) is 18.0 Å². The summed E-state index contributed by atoms with van der Waals surface area (Å²) in [7, 11) is -4.19. The highest BCUT2D eigenvalue weighted by Gasteiger charge is 2.26. The third-order valence-corrected chi connectivity index (χ3v) is 6.64. The van der Waals surface area contributed by atoms with E-state index in [1.54, 1.807) is 36.4 Å². The molecule has 1 N–H and O–H groups in total. The highest BCUT2D eigenvalue weighted by molar-refractivity contribution is 7.90. The summed E-state index contributed by atoms with van der Waals surface area (Å²) in [4.78, 5) is 25.4. The molecule has 2 aliphatic rings. The molecule has 0 radical (unpaired) electrons. The maximum atomic E-state index is 12.8. The predicted molar refractivity (Wildman–Crippen MR) is 133 cm³/mol. The molecule has 2 amide bonds. The minimum absolute atomic E-state index is 0.00714. The third kappa shape index (κ3) is 5.91. The quantitative estimate of drug-likeness (QED) is 0.222. The largest absolute Gasteiger partial charge is 0.274 e. The maximum absolute atomic E-state index is 12.8. The molecular weight excluding hydrogens is 448 g/mol. The SMILES string of the molecule is C#CN(C(=O)c1ccccc1)c1ccccc1S(=O)(=O)NC(=O)CCCCC.c1cc2ccc1-2. The Kier molecular flexibility index (Phi) is 8.23. The lowest BCUT2D eigenvalue weighted by atomic mass is 9.95. The van der Waals surface area contributed by atoms with Crippen LogP contribution in [-0.2, 0) is 14.8 Å². The van der Waals surface area contributed by atoms with Crippen LogP contribution in [0.5, 0.6) is 0 Å². The van der Waals surface area contributed by atoms with Gasteiger partial charge in [0.25, 0.3) is 15.9 Å². The van der Waals surface area contributed by atoms with E-state index in [1.165, 1.54) is 29.3 Å². The first-order chi connectivity index (χ1) is 16.4. The van der Waals surface area contributed by atoms with Crippen molar-refractivity contribution >= 4 is 27.5 Å². The van der Waals surface area contributed by atoms with Crippen LogP contribution in [-0.4, -0.2) is 20.2 Å². The minimum atomic E-state index is -4.19. The van der Waals surface area contributed by atoms with Gasteiger partial charge in [0.05, 0.1) is 5.69 Å². The molecule has 174 valence electrons. The van der Waals surface area contributed by atoms with Crippen molar-refractivity contribution in [3.8, 4) is 23.6 Å². The van der Waals surface area contributed by atoms with Gasteiger partial charge in [-0.05, 0) is 41.8 Å². The van der Waals surface area contributed by atoms with E-state index in [4.69, 9.17) is 6.42 Å². The number of amides is 2. The first-order valence-electron chi connectivity index (χ1n) is 11.0. The second kappa shape index (κ2) is 11.3. The van der Waals surface area contributed by atoms with E-state index < -0.39 is 21.8 Å². The van der Waals surface area contributed by atoms with E-state index in [0.717, 1.165) is 17.7 Å². The Morgan fingerprint density at radius 3 is 2.00 bits per heavy atom. The van der Waals surface area contributed by atoms with Gasteiger partial charge >= 0.3 is 0 Å². The van der Waals surface area contributed by atoms with Crippen LogP contribution in [0.1, 0.15) is 43.0 Å². The Morgan fingerprint density at radius 1 is 0.882 bits per heavy atom. The van der Waals surface area contributed by atoms with Crippen LogP contribution in [0.2, 0.25) is 0 Å². The Morgan fingerprint density at radius 2 is 1.47 bits per heavy atom. The van der Waals surface area contributed by atoms with E-state index in [0.29, 0.717) is 12.0 Å². The standard InChI is InChI=1S/C21H22N2O4S.C6H4/c1-3-5-7-16-20(24)22-28(26,27)19-15-11-10-14-18(19)23(4-2)21(25)17-12-8-6-9-13-17;1-2-6-4-3-5(1)6/h2,6,8-15H,3,5,7,16H2,1H3,(H,22,24);1-4H. The molecule has 0 fully saturated rings. The summed E-state index contributed by atoms with van der Waals surface area (Å²) in [5.74, 6) is -1.13. The molecule has 4 rings (SSSR count). The molecule has 0 atom stereocenters. The van der Waals surface area contributed by atoms with Crippen LogP contribution in [0.15, 0.2) is 83.8 Å². The van der Waals surface area contributed by atoms with E-state index >= 15 is 0 Å². The zero-order valence-corrected chi connectivity index (χ0v) is 19.7. The van der Waals surface area contributed by atoms with Crippen molar-refractivity contribution in [1.82, 2.24) is 4.72 Å². The lowest BCUT2D eigenvalue weighted by molar-refractivity contribution is -0.119. The summed E-state index contributed by atoms with van der Waals surface area (Å²) in [5.41, 5.74) is 3.17. The smallest absolute Gasteiger partial charge is 0.270 e. The number of sulfonamides is 1. The van der Waals surface area contributed by atoms with Crippen molar-refractivity contribution in [1.29, 1.82) is 0 Å². The van der Waals surface area contributed by atoms with Crippen LogP contribution >= 0.6 is 0 Å². The van der Waals surface area contributed by atoms with E-state index in [1.807, 2.05) is 6.92 Å². The number of para-hydroxylation sites is 1.